The standard InChI is InChI=1S/C37H54O3/c1-24(2)13-12-14-25(3)29-23-31(38)37(8)28-17-18-30-34(4,5)32(40-33(39)26-15-10-9-11-16-26)20-21-35(30,6)27(28)19-22-36(29,37)7/h9-11,15-16,24-25,29-30,32H,12-14,17-23H2,1-8H3/t25-,29-,30+,32+,35-,36-,37-/m1/s1. The summed E-state index contributed by atoms with van der Waals surface area (Å²) in [5.74, 6) is 2.58. The molecule has 0 bridgehead atoms. The van der Waals surface area contributed by atoms with E-state index in [2.05, 4.69) is 55.4 Å². The maximum absolute atomic E-state index is 14.1. The molecule has 0 amide bonds. The van der Waals surface area contributed by atoms with Crippen LogP contribution >= 0.6 is 0 Å². The largest absolute Gasteiger partial charge is 0.458 e. The molecule has 3 nitrogen and oxygen atoms in total. The lowest BCUT2D eigenvalue weighted by molar-refractivity contribution is -0.129. The van der Waals surface area contributed by atoms with Crippen LogP contribution in [0.3, 0.4) is 0 Å². The lowest BCUT2D eigenvalue weighted by atomic mass is 9.43. The highest BCUT2D eigenvalue weighted by molar-refractivity contribution is 5.92. The summed E-state index contributed by atoms with van der Waals surface area (Å²) in [7, 11) is 0. The van der Waals surface area contributed by atoms with E-state index in [9.17, 15) is 9.59 Å². The van der Waals surface area contributed by atoms with Gasteiger partial charge in [0.25, 0.3) is 0 Å². The Kier molecular flexibility index (Phi) is 7.71. The fourth-order valence-electron chi connectivity index (χ4n) is 10.4. The van der Waals surface area contributed by atoms with Crippen molar-refractivity contribution in [1.82, 2.24) is 0 Å². The molecule has 2 fully saturated rings. The molecule has 0 aromatic heterocycles. The number of ether oxygens (including phenoxy) is 1. The van der Waals surface area contributed by atoms with Crippen molar-refractivity contribution < 1.29 is 14.3 Å². The van der Waals surface area contributed by atoms with E-state index in [0.29, 0.717) is 29.1 Å². The molecular weight excluding hydrogens is 492 g/mol. The fourth-order valence-corrected chi connectivity index (χ4v) is 10.4. The number of Topliss-reactive ketones (excluding diaryl/α,β-unsaturated/α-hetero) is 1. The van der Waals surface area contributed by atoms with E-state index >= 15 is 0 Å². The first-order valence-corrected chi connectivity index (χ1v) is 16.3. The minimum absolute atomic E-state index is 0.0568. The number of esters is 1. The zero-order valence-electron chi connectivity index (χ0n) is 26.6. The zero-order chi connectivity index (χ0) is 29.1. The van der Waals surface area contributed by atoms with Crippen LogP contribution in [0.15, 0.2) is 41.5 Å². The third-order valence-electron chi connectivity index (χ3n) is 13.0. The van der Waals surface area contributed by atoms with Gasteiger partial charge in [-0.2, -0.15) is 0 Å². The number of carbonyl (C=O) groups excluding carboxylic acids is 2. The molecule has 0 N–H and O–H groups in total. The lowest BCUT2D eigenvalue weighted by Crippen LogP contribution is -2.56. The van der Waals surface area contributed by atoms with Gasteiger partial charge in [-0.25, -0.2) is 4.79 Å². The number of hydrogen-bond donors (Lipinski definition) is 0. The van der Waals surface area contributed by atoms with Crippen molar-refractivity contribution in [3.8, 4) is 0 Å². The Morgan fingerprint density at radius 1 is 0.925 bits per heavy atom. The Hall–Kier alpha value is -1.90. The molecule has 2 saturated carbocycles. The van der Waals surface area contributed by atoms with E-state index in [4.69, 9.17) is 4.74 Å². The second-order valence-corrected chi connectivity index (χ2v) is 15.7. The van der Waals surface area contributed by atoms with Crippen LogP contribution in [-0.2, 0) is 9.53 Å². The Morgan fingerprint density at radius 2 is 1.62 bits per heavy atom. The molecule has 0 radical (unpaired) electrons. The van der Waals surface area contributed by atoms with Crippen molar-refractivity contribution in [3.05, 3.63) is 47.0 Å². The summed E-state index contributed by atoms with van der Waals surface area (Å²) >= 11 is 0. The van der Waals surface area contributed by atoms with Crippen molar-refractivity contribution in [2.75, 3.05) is 0 Å². The van der Waals surface area contributed by atoms with Crippen LogP contribution in [0.1, 0.15) is 130 Å². The fraction of sp³-hybridized carbons (Fsp3) is 0.730. The maximum atomic E-state index is 14.1. The second-order valence-electron chi connectivity index (χ2n) is 15.7. The first kappa shape index (κ1) is 29.6. The molecule has 5 rings (SSSR count). The summed E-state index contributed by atoms with van der Waals surface area (Å²) in [6.07, 6.45) is 10.7. The molecular formula is C37H54O3. The predicted octanol–water partition coefficient (Wildman–Crippen LogP) is 9.60. The minimum Gasteiger partial charge on any atom is -0.458 e. The van der Waals surface area contributed by atoms with E-state index in [1.807, 2.05) is 30.3 Å². The molecule has 0 unspecified atom stereocenters. The van der Waals surface area contributed by atoms with E-state index in [0.717, 1.165) is 50.9 Å². The monoisotopic (exact) mass is 546 g/mol. The van der Waals surface area contributed by atoms with Crippen molar-refractivity contribution in [1.29, 1.82) is 0 Å². The smallest absolute Gasteiger partial charge is 0.338 e. The molecule has 3 heteroatoms. The number of carbonyl (C=O) groups is 2. The summed E-state index contributed by atoms with van der Waals surface area (Å²) < 4.78 is 6.22. The van der Waals surface area contributed by atoms with Crippen LogP contribution in [0.2, 0.25) is 0 Å². The van der Waals surface area contributed by atoms with Crippen LogP contribution in [0.4, 0.5) is 0 Å². The minimum atomic E-state index is -0.327. The van der Waals surface area contributed by atoms with Gasteiger partial charge in [-0.15, -0.1) is 0 Å². The highest BCUT2D eigenvalue weighted by Gasteiger charge is 2.66. The maximum Gasteiger partial charge on any atom is 0.338 e. The average molecular weight is 547 g/mol. The van der Waals surface area contributed by atoms with E-state index in [-0.39, 0.29) is 33.7 Å². The van der Waals surface area contributed by atoms with Crippen LogP contribution in [-0.4, -0.2) is 17.9 Å². The lowest BCUT2D eigenvalue weighted by Gasteiger charge is -2.61. The number of fused-ring (bicyclic) bond motifs is 4. The van der Waals surface area contributed by atoms with Gasteiger partial charge in [-0.3, -0.25) is 4.79 Å². The number of rotatable bonds is 7. The molecule has 1 aromatic carbocycles. The van der Waals surface area contributed by atoms with Gasteiger partial charge < -0.3 is 4.74 Å². The third-order valence-corrected chi connectivity index (χ3v) is 13.0. The van der Waals surface area contributed by atoms with Gasteiger partial charge in [0.1, 0.15) is 11.9 Å². The number of hydrogen-bond acceptors (Lipinski definition) is 3. The summed E-state index contributed by atoms with van der Waals surface area (Å²) in [5.41, 5.74) is 3.42. The van der Waals surface area contributed by atoms with E-state index in [1.165, 1.54) is 24.8 Å². The first-order chi connectivity index (χ1) is 18.8. The van der Waals surface area contributed by atoms with E-state index in [1.54, 1.807) is 5.57 Å². The molecule has 220 valence electrons. The number of ketones is 1. The third kappa shape index (κ3) is 4.44. The van der Waals surface area contributed by atoms with Crippen molar-refractivity contribution in [3.63, 3.8) is 0 Å². The molecule has 4 aliphatic rings. The Balaban J connectivity index is 1.41. The Labute approximate surface area is 243 Å². The second kappa shape index (κ2) is 10.4. The highest BCUT2D eigenvalue weighted by Crippen LogP contribution is 2.71. The van der Waals surface area contributed by atoms with Gasteiger partial charge in [-0.05, 0) is 92.1 Å². The predicted molar refractivity (Wildman–Crippen MR) is 163 cm³/mol. The molecule has 0 saturated heterocycles. The van der Waals surface area contributed by atoms with Gasteiger partial charge in [0, 0.05) is 11.8 Å². The van der Waals surface area contributed by atoms with E-state index < -0.39 is 0 Å². The van der Waals surface area contributed by atoms with Crippen LogP contribution in [0.5, 0.6) is 0 Å². The summed E-state index contributed by atoms with van der Waals surface area (Å²) in [4.78, 5) is 27.1. The summed E-state index contributed by atoms with van der Waals surface area (Å²) in [6.45, 7) is 19.0. The quantitative estimate of drug-likeness (QED) is 0.253. The molecule has 4 aliphatic carbocycles. The van der Waals surface area contributed by atoms with Crippen molar-refractivity contribution in [2.45, 2.75) is 126 Å². The Morgan fingerprint density at radius 3 is 2.30 bits per heavy atom. The summed E-state index contributed by atoms with van der Waals surface area (Å²) in [5, 5.41) is 0. The molecule has 7 atom stereocenters. The Bertz CT molecular complexity index is 1160. The molecule has 0 spiro atoms. The van der Waals surface area contributed by atoms with Crippen LogP contribution < -0.4 is 0 Å². The number of benzene rings is 1. The molecule has 0 heterocycles. The first-order valence-electron chi connectivity index (χ1n) is 16.3. The summed E-state index contributed by atoms with van der Waals surface area (Å²) in [6, 6.07) is 9.41. The van der Waals surface area contributed by atoms with Crippen LogP contribution in [0, 0.1) is 45.3 Å². The highest BCUT2D eigenvalue weighted by atomic mass is 16.5. The molecule has 40 heavy (non-hydrogen) atoms. The topological polar surface area (TPSA) is 43.4 Å². The normalized spacial score (nSPS) is 37.5. The van der Waals surface area contributed by atoms with Gasteiger partial charge in [0.05, 0.1) is 11.0 Å². The van der Waals surface area contributed by atoms with Gasteiger partial charge in [0.15, 0.2) is 0 Å². The SMILES string of the molecule is CC(C)CCC[C@@H](C)[C@H]1CC(=O)[C@@]2(C)C3=C(CC[C@]12C)[C@@]1(C)CC[C@H](OC(=O)c2ccccc2)C(C)(C)[C@@H]1CC3. The van der Waals surface area contributed by atoms with Crippen molar-refractivity contribution in [2.24, 2.45) is 45.3 Å². The number of allylic oxidation sites excluding steroid dienone is 2. The molecule has 1 aromatic rings. The van der Waals surface area contributed by atoms with Crippen LogP contribution in [0.25, 0.3) is 0 Å². The van der Waals surface area contributed by atoms with Gasteiger partial charge >= 0.3 is 5.97 Å². The average Bonchev–Trinajstić information content (AvgIpc) is 3.12. The van der Waals surface area contributed by atoms with Gasteiger partial charge in [0.2, 0.25) is 0 Å². The molecule has 0 aliphatic heterocycles. The van der Waals surface area contributed by atoms with Crippen molar-refractivity contribution >= 4 is 11.8 Å². The zero-order valence-corrected chi connectivity index (χ0v) is 26.6. The van der Waals surface area contributed by atoms with Gasteiger partial charge in [-0.1, -0.05) is 97.1 Å².